The highest BCUT2D eigenvalue weighted by Gasteiger charge is 2.13. The van der Waals surface area contributed by atoms with Crippen molar-refractivity contribution >= 4 is 40.5 Å². The molecular weight excluding hydrogens is 380 g/mol. The lowest BCUT2D eigenvalue weighted by Crippen LogP contribution is -2.34. The van der Waals surface area contributed by atoms with Gasteiger partial charge in [-0.3, -0.25) is 10.1 Å². The van der Waals surface area contributed by atoms with Gasteiger partial charge in [-0.25, -0.2) is 0 Å². The van der Waals surface area contributed by atoms with Gasteiger partial charge in [0.1, 0.15) is 12.4 Å². The maximum Gasteiger partial charge on any atom is 0.257 e. The predicted octanol–water partition coefficient (Wildman–Crippen LogP) is 5.05. The number of benzene rings is 3. The number of halogens is 1. The number of carbonyl (C=O) groups excluding carboxylic acids is 1. The third-order valence-electron chi connectivity index (χ3n) is 3.73. The Morgan fingerprint density at radius 2 is 1.59 bits per heavy atom. The van der Waals surface area contributed by atoms with Gasteiger partial charge in [0.15, 0.2) is 5.11 Å². The molecule has 27 heavy (non-hydrogen) atoms. The largest absolute Gasteiger partial charge is 0.489 e. The highest BCUT2D eigenvalue weighted by Crippen LogP contribution is 2.18. The van der Waals surface area contributed by atoms with Crippen molar-refractivity contribution in [3.8, 4) is 5.75 Å². The van der Waals surface area contributed by atoms with E-state index in [-0.39, 0.29) is 17.6 Å². The molecule has 0 fully saturated rings. The maximum atomic E-state index is 12.6. The van der Waals surface area contributed by atoms with Gasteiger partial charge < -0.3 is 10.1 Å². The molecule has 6 heteroatoms. The molecule has 136 valence electrons. The fraction of sp³-hybridized carbons (Fsp3) is 0.0476. The highest BCUT2D eigenvalue weighted by atomic mass is 35.5. The number of thiocarbonyl (C=S) groups is 1. The average molecular weight is 397 g/mol. The van der Waals surface area contributed by atoms with Crippen molar-refractivity contribution in [3.05, 3.63) is 95.0 Å². The molecule has 0 saturated carbocycles. The number of carbonyl (C=O) groups is 1. The van der Waals surface area contributed by atoms with E-state index in [4.69, 9.17) is 28.6 Å². The lowest BCUT2D eigenvalue weighted by atomic mass is 10.1. The van der Waals surface area contributed by atoms with Gasteiger partial charge in [-0.15, -0.1) is 0 Å². The molecule has 3 aromatic carbocycles. The molecule has 0 saturated heterocycles. The summed E-state index contributed by atoms with van der Waals surface area (Å²) < 4.78 is 5.75. The number of hydrogen-bond donors (Lipinski definition) is 2. The summed E-state index contributed by atoms with van der Waals surface area (Å²) in [7, 11) is 0. The SMILES string of the molecule is O=C(NC(=S)Nc1ccccc1)c1ccccc1COc1ccc(Cl)cc1. The number of anilines is 1. The van der Waals surface area contributed by atoms with Gasteiger partial charge >= 0.3 is 0 Å². The van der Waals surface area contributed by atoms with Crippen LogP contribution in [0.5, 0.6) is 5.75 Å². The van der Waals surface area contributed by atoms with Gasteiger partial charge in [-0.1, -0.05) is 48.0 Å². The first-order chi connectivity index (χ1) is 13.1. The molecule has 3 rings (SSSR count). The Morgan fingerprint density at radius 3 is 2.33 bits per heavy atom. The minimum Gasteiger partial charge on any atom is -0.489 e. The van der Waals surface area contributed by atoms with Crippen LogP contribution in [0.4, 0.5) is 5.69 Å². The summed E-state index contributed by atoms with van der Waals surface area (Å²) in [5, 5.41) is 6.56. The predicted molar refractivity (Wildman–Crippen MR) is 112 cm³/mol. The topological polar surface area (TPSA) is 50.4 Å². The minimum absolute atomic E-state index is 0.236. The Kier molecular flexibility index (Phi) is 6.41. The zero-order valence-corrected chi connectivity index (χ0v) is 15.9. The zero-order valence-electron chi connectivity index (χ0n) is 14.3. The molecule has 3 aromatic rings. The molecule has 0 heterocycles. The van der Waals surface area contributed by atoms with Gasteiger partial charge in [0.05, 0.1) is 0 Å². The highest BCUT2D eigenvalue weighted by molar-refractivity contribution is 7.80. The number of ether oxygens (including phenoxy) is 1. The van der Waals surface area contributed by atoms with Crippen LogP contribution in [0.15, 0.2) is 78.9 Å². The first-order valence-electron chi connectivity index (χ1n) is 8.25. The molecule has 2 N–H and O–H groups in total. The van der Waals surface area contributed by atoms with E-state index in [0.29, 0.717) is 16.3 Å². The summed E-state index contributed by atoms with van der Waals surface area (Å²) in [6.45, 7) is 0.254. The lowest BCUT2D eigenvalue weighted by molar-refractivity contribution is 0.0975. The van der Waals surface area contributed by atoms with Crippen molar-refractivity contribution in [2.75, 3.05) is 5.32 Å². The molecule has 0 spiro atoms. The molecule has 0 atom stereocenters. The van der Waals surface area contributed by atoms with Crippen molar-refractivity contribution in [2.24, 2.45) is 0 Å². The van der Waals surface area contributed by atoms with Crippen LogP contribution in [0.25, 0.3) is 0 Å². The number of rotatable bonds is 5. The first kappa shape index (κ1) is 18.9. The third-order valence-corrected chi connectivity index (χ3v) is 4.18. The average Bonchev–Trinajstić information content (AvgIpc) is 2.68. The monoisotopic (exact) mass is 396 g/mol. The van der Waals surface area contributed by atoms with E-state index in [0.717, 1.165) is 11.3 Å². The Bertz CT molecular complexity index is 930. The molecular formula is C21H17ClN2O2S. The quantitative estimate of drug-likeness (QED) is 0.593. The fourth-order valence-electron chi connectivity index (χ4n) is 2.41. The van der Waals surface area contributed by atoms with Crippen LogP contribution in [0.3, 0.4) is 0 Å². The second-order valence-electron chi connectivity index (χ2n) is 5.67. The van der Waals surface area contributed by atoms with Gasteiger partial charge in [0.2, 0.25) is 0 Å². The van der Waals surface area contributed by atoms with Crippen LogP contribution in [-0.4, -0.2) is 11.0 Å². The summed E-state index contributed by atoms with van der Waals surface area (Å²) >= 11 is 11.1. The summed E-state index contributed by atoms with van der Waals surface area (Å²) in [5.74, 6) is 0.384. The molecule has 0 bridgehead atoms. The molecule has 1 amide bonds. The number of nitrogens with one attached hydrogen (secondary N) is 2. The van der Waals surface area contributed by atoms with E-state index in [2.05, 4.69) is 10.6 Å². The normalized spacial score (nSPS) is 10.1. The van der Waals surface area contributed by atoms with E-state index in [1.807, 2.05) is 42.5 Å². The fourth-order valence-corrected chi connectivity index (χ4v) is 2.75. The van der Waals surface area contributed by atoms with E-state index in [1.165, 1.54) is 0 Å². The van der Waals surface area contributed by atoms with Crippen molar-refractivity contribution in [1.82, 2.24) is 5.32 Å². The summed E-state index contributed by atoms with van der Waals surface area (Å²) in [6.07, 6.45) is 0. The molecule has 0 unspecified atom stereocenters. The summed E-state index contributed by atoms with van der Waals surface area (Å²) in [4.78, 5) is 12.6. The van der Waals surface area contributed by atoms with Crippen molar-refractivity contribution in [1.29, 1.82) is 0 Å². The van der Waals surface area contributed by atoms with Gasteiger partial charge in [-0.2, -0.15) is 0 Å². The van der Waals surface area contributed by atoms with E-state index in [1.54, 1.807) is 36.4 Å². The Balaban J connectivity index is 1.64. The third kappa shape index (κ3) is 5.54. The number of hydrogen-bond acceptors (Lipinski definition) is 3. The second kappa shape index (κ2) is 9.16. The number of para-hydroxylation sites is 1. The van der Waals surface area contributed by atoms with Crippen LogP contribution in [0.1, 0.15) is 15.9 Å². The Morgan fingerprint density at radius 1 is 0.926 bits per heavy atom. The van der Waals surface area contributed by atoms with Crippen LogP contribution in [0.2, 0.25) is 5.02 Å². The van der Waals surface area contributed by atoms with E-state index in [9.17, 15) is 4.79 Å². The van der Waals surface area contributed by atoms with Gasteiger partial charge in [0, 0.05) is 21.8 Å². The van der Waals surface area contributed by atoms with Crippen molar-refractivity contribution in [2.45, 2.75) is 6.61 Å². The summed E-state index contributed by atoms with van der Waals surface area (Å²) in [6, 6.07) is 23.7. The maximum absolute atomic E-state index is 12.6. The summed E-state index contributed by atoms with van der Waals surface area (Å²) in [5.41, 5.74) is 2.07. The van der Waals surface area contributed by atoms with Crippen LogP contribution in [0, 0.1) is 0 Å². The van der Waals surface area contributed by atoms with E-state index >= 15 is 0 Å². The van der Waals surface area contributed by atoms with Crippen LogP contribution >= 0.6 is 23.8 Å². The Hall–Kier alpha value is -2.89. The van der Waals surface area contributed by atoms with Crippen molar-refractivity contribution in [3.63, 3.8) is 0 Å². The second-order valence-corrected chi connectivity index (χ2v) is 6.52. The molecule has 4 nitrogen and oxygen atoms in total. The van der Waals surface area contributed by atoms with Gasteiger partial charge in [0.25, 0.3) is 5.91 Å². The van der Waals surface area contributed by atoms with Crippen LogP contribution < -0.4 is 15.4 Å². The zero-order chi connectivity index (χ0) is 19.1. The van der Waals surface area contributed by atoms with Crippen molar-refractivity contribution < 1.29 is 9.53 Å². The smallest absolute Gasteiger partial charge is 0.257 e. The standard InChI is InChI=1S/C21H17ClN2O2S/c22-16-10-12-18(13-11-16)26-14-15-6-4-5-9-19(15)20(25)24-21(27)23-17-7-2-1-3-8-17/h1-13H,14H2,(H2,23,24,25,27). The lowest BCUT2D eigenvalue weighted by Gasteiger charge is -2.13. The molecule has 0 aromatic heterocycles. The van der Waals surface area contributed by atoms with Gasteiger partial charge in [-0.05, 0) is 54.7 Å². The molecule has 0 aliphatic heterocycles. The molecule has 0 aliphatic carbocycles. The minimum atomic E-state index is -0.293. The number of amides is 1. The Labute approximate surface area is 168 Å². The van der Waals surface area contributed by atoms with E-state index < -0.39 is 0 Å². The first-order valence-corrected chi connectivity index (χ1v) is 9.04. The molecule has 0 radical (unpaired) electrons. The van der Waals surface area contributed by atoms with Crippen LogP contribution in [-0.2, 0) is 6.61 Å². The molecule has 0 aliphatic rings.